The molecule has 6 heteroatoms. The van der Waals surface area contributed by atoms with Crippen molar-refractivity contribution < 1.29 is 14.6 Å². The Morgan fingerprint density at radius 2 is 2.33 bits per heavy atom. The topological polar surface area (TPSA) is 61.8 Å². The number of nitrogens with one attached hydrogen (secondary N) is 1. The molecule has 0 spiro atoms. The SMILES string of the molecule is CCC(O)(C(=O)NCC1CCCN1CCOC)c1cccc(Cl)c1. The van der Waals surface area contributed by atoms with Gasteiger partial charge in [0.05, 0.1) is 6.61 Å². The first-order chi connectivity index (χ1) is 11.5. The van der Waals surface area contributed by atoms with E-state index in [0.29, 0.717) is 29.8 Å². The Labute approximate surface area is 148 Å². The molecule has 2 N–H and O–H groups in total. The molecule has 2 atom stereocenters. The molecule has 2 rings (SSSR count). The molecule has 1 saturated heterocycles. The Balaban J connectivity index is 1.99. The van der Waals surface area contributed by atoms with Gasteiger partial charge in [0.15, 0.2) is 5.60 Å². The van der Waals surface area contributed by atoms with Crippen LogP contribution in [0.3, 0.4) is 0 Å². The number of ether oxygens (including phenoxy) is 1. The monoisotopic (exact) mass is 354 g/mol. The van der Waals surface area contributed by atoms with E-state index in [0.717, 1.165) is 25.9 Å². The van der Waals surface area contributed by atoms with Crippen molar-refractivity contribution in [3.05, 3.63) is 34.9 Å². The quantitative estimate of drug-likeness (QED) is 0.751. The van der Waals surface area contributed by atoms with Gasteiger partial charge in [-0.3, -0.25) is 9.69 Å². The van der Waals surface area contributed by atoms with Gasteiger partial charge in [-0.15, -0.1) is 0 Å². The predicted octanol–water partition coefficient (Wildman–Crippen LogP) is 2.16. The van der Waals surface area contributed by atoms with E-state index in [1.807, 2.05) is 0 Å². The van der Waals surface area contributed by atoms with E-state index in [9.17, 15) is 9.90 Å². The van der Waals surface area contributed by atoms with E-state index in [1.165, 1.54) is 0 Å². The molecule has 1 fully saturated rings. The fourth-order valence-corrected chi connectivity index (χ4v) is 3.42. The number of amides is 1. The van der Waals surface area contributed by atoms with Gasteiger partial charge in [-0.25, -0.2) is 0 Å². The van der Waals surface area contributed by atoms with Crippen LogP contribution >= 0.6 is 11.6 Å². The number of likely N-dealkylation sites (tertiary alicyclic amines) is 1. The van der Waals surface area contributed by atoms with Crippen molar-refractivity contribution in [1.82, 2.24) is 10.2 Å². The van der Waals surface area contributed by atoms with Gasteiger partial charge in [0.1, 0.15) is 0 Å². The smallest absolute Gasteiger partial charge is 0.256 e. The number of methoxy groups -OCH3 is 1. The normalized spacial score (nSPS) is 20.8. The minimum atomic E-state index is -1.55. The number of nitrogens with zero attached hydrogens (tertiary/aromatic N) is 1. The van der Waals surface area contributed by atoms with Crippen molar-refractivity contribution in [2.45, 2.75) is 37.8 Å². The van der Waals surface area contributed by atoms with E-state index < -0.39 is 5.60 Å². The van der Waals surface area contributed by atoms with Gasteiger partial charge in [0.2, 0.25) is 0 Å². The minimum Gasteiger partial charge on any atom is -0.383 e. The van der Waals surface area contributed by atoms with Crippen molar-refractivity contribution in [3.8, 4) is 0 Å². The molecule has 24 heavy (non-hydrogen) atoms. The summed E-state index contributed by atoms with van der Waals surface area (Å²) in [5.74, 6) is -0.370. The van der Waals surface area contributed by atoms with Crippen LogP contribution in [0.4, 0.5) is 0 Å². The van der Waals surface area contributed by atoms with Crippen LogP contribution in [0.1, 0.15) is 31.7 Å². The molecule has 0 bridgehead atoms. The molecule has 2 unspecified atom stereocenters. The average molecular weight is 355 g/mol. The van der Waals surface area contributed by atoms with Gasteiger partial charge < -0.3 is 15.2 Å². The molecule has 1 aliphatic heterocycles. The Hall–Kier alpha value is -1.14. The highest BCUT2D eigenvalue weighted by atomic mass is 35.5. The Kier molecular flexibility index (Phi) is 7.04. The van der Waals surface area contributed by atoms with Gasteiger partial charge in [-0.2, -0.15) is 0 Å². The summed E-state index contributed by atoms with van der Waals surface area (Å²) in [4.78, 5) is 15.0. The highest BCUT2D eigenvalue weighted by Crippen LogP contribution is 2.27. The highest BCUT2D eigenvalue weighted by molar-refractivity contribution is 6.30. The third-order valence-electron chi connectivity index (χ3n) is 4.77. The molecule has 1 aliphatic rings. The second-order valence-electron chi connectivity index (χ2n) is 6.26. The van der Waals surface area contributed by atoms with Crippen LogP contribution in [0.5, 0.6) is 0 Å². The third-order valence-corrected chi connectivity index (χ3v) is 5.00. The number of halogens is 1. The van der Waals surface area contributed by atoms with Crippen LogP contribution in [-0.2, 0) is 15.1 Å². The molecule has 0 radical (unpaired) electrons. The summed E-state index contributed by atoms with van der Waals surface area (Å²) < 4.78 is 5.14. The van der Waals surface area contributed by atoms with Crippen molar-refractivity contribution in [1.29, 1.82) is 0 Å². The van der Waals surface area contributed by atoms with Gasteiger partial charge in [0.25, 0.3) is 5.91 Å². The Morgan fingerprint density at radius 1 is 1.54 bits per heavy atom. The van der Waals surface area contributed by atoms with Gasteiger partial charge >= 0.3 is 0 Å². The molecule has 1 heterocycles. The van der Waals surface area contributed by atoms with Crippen LogP contribution in [0.15, 0.2) is 24.3 Å². The van der Waals surface area contributed by atoms with Crippen molar-refractivity contribution in [2.24, 2.45) is 0 Å². The van der Waals surface area contributed by atoms with Gasteiger partial charge in [0, 0.05) is 31.3 Å². The second-order valence-corrected chi connectivity index (χ2v) is 6.70. The summed E-state index contributed by atoms with van der Waals surface area (Å²) in [5.41, 5.74) is -1.03. The number of hydrogen-bond acceptors (Lipinski definition) is 4. The summed E-state index contributed by atoms with van der Waals surface area (Å²) in [6.45, 7) is 4.90. The molecule has 0 saturated carbocycles. The number of aliphatic hydroxyl groups is 1. The average Bonchev–Trinajstić information content (AvgIpc) is 3.04. The zero-order valence-corrected chi connectivity index (χ0v) is 15.2. The van der Waals surface area contributed by atoms with Crippen LogP contribution < -0.4 is 5.32 Å². The van der Waals surface area contributed by atoms with Gasteiger partial charge in [-0.1, -0.05) is 30.7 Å². The van der Waals surface area contributed by atoms with Crippen LogP contribution in [-0.4, -0.2) is 55.3 Å². The number of rotatable bonds is 8. The van der Waals surface area contributed by atoms with E-state index in [2.05, 4.69) is 10.2 Å². The van der Waals surface area contributed by atoms with E-state index in [1.54, 1.807) is 38.3 Å². The maximum atomic E-state index is 12.6. The van der Waals surface area contributed by atoms with E-state index >= 15 is 0 Å². The summed E-state index contributed by atoms with van der Waals surface area (Å²) in [6.07, 6.45) is 2.46. The molecule has 1 amide bonds. The molecular formula is C18H27ClN2O3. The molecule has 0 aromatic heterocycles. The first-order valence-corrected chi connectivity index (χ1v) is 8.88. The number of carbonyl (C=O) groups excluding carboxylic acids is 1. The predicted molar refractivity (Wildman–Crippen MR) is 95.1 cm³/mol. The number of benzene rings is 1. The largest absolute Gasteiger partial charge is 0.383 e. The minimum absolute atomic E-state index is 0.289. The van der Waals surface area contributed by atoms with E-state index in [4.69, 9.17) is 16.3 Å². The standard InChI is InChI=1S/C18H27ClN2O3/c1-3-18(23,14-6-4-7-15(19)12-14)17(22)20-13-16-8-5-9-21(16)10-11-24-2/h4,6-7,12,16,23H,3,5,8-11,13H2,1-2H3,(H,20,22). The van der Waals surface area contributed by atoms with E-state index in [-0.39, 0.29) is 12.3 Å². The first kappa shape index (κ1) is 19.2. The zero-order valence-electron chi connectivity index (χ0n) is 14.4. The summed E-state index contributed by atoms with van der Waals surface area (Å²) in [7, 11) is 1.69. The lowest BCUT2D eigenvalue weighted by molar-refractivity contribution is -0.141. The Bertz CT molecular complexity index is 555. The molecule has 134 valence electrons. The third kappa shape index (κ3) is 4.48. The summed E-state index contributed by atoms with van der Waals surface area (Å²) in [5, 5.41) is 14.3. The molecule has 1 aromatic carbocycles. The molecule has 5 nitrogen and oxygen atoms in total. The highest BCUT2D eigenvalue weighted by Gasteiger charge is 2.37. The van der Waals surface area contributed by atoms with Crippen LogP contribution in [0.25, 0.3) is 0 Å². The molecule has 0 aliphatic carbocycles. The fourth-order valence-electron chi connectivity index (χ4n) is 3.23. The lowest BCUT2D eigenvalue weighted by Gasteiger charge is -2.29. The summed E-state index contributed by atoms with van der Waals surface area (Å²) >= 11 is 6.00. The number of hydrogen-bond donors (Lipinski definition) is 2. The van der Waals surface area contributed by atoms with Gasteiger partial charge in [-0.05, 0) is 43.5 Å². The van der Waals surface area contributed by atoms with Crippen molar-refractivity contribution >= 4 is 17.5 Å². The van der Waals surface area contributed by atoms with Crippen molar-refractivity contribution in [3.63, 3.8) is 0 Å². The van der Waals surface area contributed by atoms with Crippen molar-refractivity contribution in [2.75, 3.05) is 33.4 Å². The maximum Gasteiger partial charge on any atom is 0.256 e. The zero-order chi connectivity index (χ0) is 17.6. The second kappa shape index (κ2) is 8.81. The lowest BCUT2D eigenvalue weighted by atomic mass is 9.90. The lowest BCUT2D eigenvalue weighted by Crippen LogP contribution is -2.48. The van der Waals surface area contributed by atoms with Crippen LogP contribution in [0, 0.1) is 0 Å². The molecular weight excluding hydrogens is 328 g/mol. The maximum absolute atomic E-state index is 12.6. The molecule has 1 aromatic rings. The fraction of sp³-hybridized carbons (Fsp3) is 0.611. The summed E-state index contributed by atoms with van der Waals surface area (Å²) in [6, 6.07) is 7.14. The number of carbonyl (C=O) groups is 1. The van der Waals surface area contributed by atoms with Crippen LogP contribution in [0.2, 0.25) is 5.02 Å². The Morgan fingerprint density at radius 3 is 3.00 bits per heavy atom. The first-order valence-electron chi connectivity index (χ1n) is 8.51.